The summed E-state index contributed by atoms with van der Waals surface area (Å²) in [7, 11) is 1.46. The molecule has 0 aliphatic rings. The maximum atomic E-state index is 13.3. The summed E-state index contributed by atoms with van der Waals surface area (Å²) < 4.78 is 47.8. The van der Waals surface area contributed by atoms with Crippen LogP contribution in [0.2, 0.25) is 0 Å². The number of aromatic nitrogens is 4. The van der Waals surface area contributed by atoms with Crippen molar-refractivity contribution in [2.75, 3.05) is 6.26 Å². The molecule has 0 fully saturated rings. The molecule has 0 saturated carbocycles. The van der Waals surface area contributed by atoms with Crippen molar-refractivity contribution in [2.45, 2.75) is 24.6 Å². The highest BCUT2D eigenvalue weighted by atomic mass is 32.2. The molecule has 1 heterocycles. The molecule has 0 amide bonds. The molecule has 148 valence electrons. The van der Waals surface area contributed by atoms with Crippen LogP contribution in [-0.4, -0.2) is 26.0 Å². The fourth-order valence-electron chi connectivity index (χ4n) is 2.69. The Hall–Kier alpha value is -2.75. The Kier molecular flexibility index (Phi) is 5.50. The number of thioether (sulfide) groups is 1. The summed E-state index contributed by atoms with van der Waals surface area (Å²) in [6.45, 7) is 1.42. The SMILES string of the molecule is CSc1cccc(-n2nnn(C)c2=O)c1COc1ccc(C)cc1C(F)(F)F. The van der Waals surface area contributed by atoms with E-state index in [0.29, 0.717) is 16.8 Å². The number of aryl methyl sites for hydroxylation is 2. The van der Waals surface area contributed by atoms with Crippen molar-refractivity contribution in [3.63, 3.8) is 0 Å². The third kappa shape index (κ3) is 3.91. The van der Waals surface area contributed by atoms with Gasteiger partial charge in [0, 0.05) is 17.5 Å². The molecule has 3 aromatic rings. The largest absolute Gasteiger partial charge is 0.488 e. The van der Waals surface area contributed by atoms with Crippen LogP contribution in [0.25, 0.3) is 5.69 Å². The Labute approximate surface area is 162 Å². The van der Waals surface area contributed by atoms with Crippen LogP contribution in [0.1, 0.15) is 16.7 Å². The molecule has 0 saturated heterocycles. The first-order valence-electron chi connectivity index (χ1n) is 8.18. The third-order valence-corrected chi connectivity index (χ3v) is 4.91. The van der Waals surface area contributed by atoms with Gasteiger partial charge in [0.05, 0.1) is 11.3 Å². The highest BCUT2D eigenvalue weighted by Crippen LogP contribution is 2.37. The molecule has 0 unspecified atom stereocenters. The van der Waals surface area contributed by atoms with Crippen molar-refractivity contribution in [2.24, 2.45) is 7.05 Å². The number of halogens is 3. The molecule has 2 aromatic carbocycles. The third-order valence-electron chi connectivity index (χ3n) is 4.09. The second-order valence-electron chi connectivity index (χ2n) is 6.04. The first-order chi connectivity index (χ1) is 13.2. The standard InChI is InChI=1S/C18H17F3N4O2S/c1-11-7-8-15(13(9-11)18(19,20)21)27-10-12-14(5-4-6-16(12)28-3)25-17(26)24(2)22-23-25/h4-9H,10H2,1-3H3. The van der Waals surface area contributed by atoms with Crippen molar-refractivity contribution in [3.05, 3.63) is 63.6 Å². The first-order valence-corrected chi connectivity index (χ1v) is 9.40. The number of alkyl halides is 3. The van der Waals surface area contributed by atoms with E-state index in [4.69, 9.17) is 4.74 Å². The van der Waals surface area contributed by atoms with Crippen LogP contribution in [0.15, 0.2) is 46.1 Å². The zero-order valence-corrected chi connectivity index (χ0v) is 16.1. The Morgan fingerprint density at radius 3 is 2.54 bits per heavy atom. The van der Waals surface area contributed by atoms with Crippen LogP contribution in [0.5, 0.6) is 5.75 Å². The van der Waals surface area contributed by atoms with Crippen LogP contribution in [0.4, 0.5) is 13.2 Å². The average molecular weight is 410 g/mol. The number of nitrogens with zero attached hydrogens (tertiary/aromatic N) is 4. The Morgan fingerprint density at radius 1 is 1.18 bits per heavy atom. The predicted molar refractivity (Wildman–Crippen MR) is 98.9 cm³/mol. The highest BCUT2D eigenvalue weighted by molar-refractivity contribution is 7.98. The second kappa shape index (κ2) is 7.70. The van der Waals surface area contributed by atoms with Crippen LogP contribution in [0, 0.1) is 6.92 Å². The van der Waals surface area contributed by atoms with E-state index in [0.717, 1.165) is 20.3 Å². The van der Waals surface area contributed by atoms with Gasteiger partial charge in [0.25, 0.3) is 0 Å². The van der Waals surface area contributed by atoms with Crippen LogP contribution >= 0.6 is 11.8 Å². The van der Waals surface area contributed by atoms with E-state index in [2.05, 4.69) is 10.4 Å². The van der Waals surface area contributed by atoms with Gasteiger partial charge in [-0.3, -0.25) is 0 Å². The lowest BCUT2D eigenvalue weighted by Crippen LogP contribution is -2.23. The second-order valence-corrected chi connectivity index (χ2v) is 6.89. The van der Waals surface area contributed by atoms with Crippen LogP contribution < -0.4 is 10.4 Å². The quantitative estimate of drug-likeness (QED) is 0.602. The molecular formula is C18H17F3N4O2S. The van der Waals surface area contributed by atoms with Crippen molar-refractivity contribution in [1.82, 2.24) is 19.8 Å². The van der Waals surface area contributed by atoms with Crippen molar-refractivity contribution in [3.8, 4) is 11.4 Å². The van der Waals surface area contributed by atoms with Gasteiger partial charge in [0.1, 0.15) is 12.4 Å². The molecule has 6 nitrogen and oxygen atoms in total. The summed E-state index contributed by atoms with van der Waals surface area (Å²) >= 11 is 1.39. The molecule has 0 spiro atoms. The summed E-state index contributed by atoms with van der Waals surface area (Å²) in [6.07, 6.45) is -2.71. The van der Waals surface area contributed by atoms with E-state index >= 15 is 0 Å². The normalized spacial score (nSPS) is 11.6. The van der Waals surface area contributed by atoms with E-state index in [-0.39, 0.29) is 12.4 Å². The summed E-state index contributed by atoms with van der Waals surface area (Å²) in [6, 6.07) is 9.08. The van der Waals surface area contributed by atoms with Crippen LogP contribution in [0.3, 0.4) is 0 Å². The molecule has 28 heavy (non-hydrogen) atoms. The zero-order valence-electron chi connectivity index (χ0n) is 15.3. The van der Waals surface area contributed by atoms with Gasteiger partial charge in [-0.05, 0) is 47.9 Å². The van der Waals surface area contributed by atoms with Gasteiger partial charge in [-0.15, -0.1) is 11.8 Å². The Bertz CT molecular complexity index is 1060. The Balaban J connectivity index is 2.02. The maximum absolute atomic E-state index is 13.3. The molecule has 0 aliphatic carbocycles. The van der Waals surface area contributed by atoms with Gasteiger partial charge >= 0.3 is 11.9 Å². The van der Waals surface area contributed by atoms with E-state index in [1.165, 1.54) is 24.9 Å². The summed E-state index contributed by atoms with van der Waals surface area (Å²) in [5.74, 6) is -0.272. The smallest absolute Gasteiger partial charge is 0.419 e. The van der Waals surface area contributed by atoms with E-state index in [1.807, 2.05) is 6.26 Å². The molecule has 0 N–H and O–H groups in total. The van der Waals surface area contributed by atoms with Gasteiger partial charge in [0.2, 0.25) is 0 Å². The molecular weight excluding hydrogens is 393 g/mol. The fourth-order valence-corrected chi connectivity index (χ4v) is 3.32. The number of tetrazole rings is 1. The topological polar surface area (TPSA) is 61.9 Å². The fraction of sp³-hybridized carbons (Fsp3) is 0.278. The van der Waals surface area contributed by atoms with Crippen LogP contribution in [-0.2, 0) is 19.8 Å². The molecule has 1 aromatic heterocycles. The van der Waals surface area contributed by atoms with E-state index < -0.39 is 17.4 Å². The van der Waals surface area contributed by atoms with Gasteiger partial charge < -0.3 is 4.74 Å². The average Bonchev–Trinajstić information content (AvgIpc) is 2.98. The first kappa shape index (κ1) is 20.0. The highest BCUT2D eigenvalue weighted by Gasteiger charge is 2.34. The lowest BCUT2D eigenvalue weighted by Gasteiger charge is -2.17. The summed E-state index contributed by atoms with van der Waals surface area (Å²) in [5, 5.41) is 7.50. The van der Waals surface area contributed by atoms with Crippen molar-refractivity contribution in [1.29, 1.82) is 0 Å². The number of hydrogen-bond acceptors (Lipinski definition) is 5. The van der Waals surface area contributed by atoms with Gasteiger partial charge in [0.15, 0.2) is 0 Å². The lowest BCUT2D eigenvalue weighted by atomic mass is 10.1. The van der Waals surface area contributed by atoms with Gasteiger partial charge in [-0.25, -0.2) is 4.79 Å². The lowest BCUT2D eigenvalue weighted by molar-refractivity contribution is -0.139. The molecule has 3 rings (SSSR count). The number of benzene rings is 2. The van der Waals surface area contributed by atoms with Crippen molar-refractivity contribution < 1.29 is 17.9 Å². The van der Waals surface area contributed by atoms with E-state index in [1.54, 1.807) is 31.2 Å². The zero-order chi connectivity index (χ0) is 20.5. The number of ether oxygens (including phenoxy) is 1. The number of hydrogen-bond donors (Lipinski definition) is 0. The van der Waals surface area contributed by atoms with Gasteiger partial charge in [-0.1, -0.05) is 17.7 Å². The predicted octanol–water partition coefficient (Wildman–Crippen LogP) is 3.59. The van der Waals surface area contributed by atoms with Gasteiger partial charge in [-0.2, -0.15) is 22.5 Å². The molecule has 0 radical (unpaired) electrons. The van der Waals surface area contributed by atoms with E-state index in [9.17, 15) is 18.0 Å². The maximum Gasteiger partial charge on any atom is 0.419 e. The molecule has 0 bridgehead atoms. The minimum atomic E-state index is -4.54. The minimum Gasteiger partial charge on any atom is -0.488 e. The molecule has 0 atom stereocenters. The molecule has 10 heteroatoms. The Morgan fingerprint density at radius 2 is 1.93 bits per heavy atom. The van der Waals surface area contributed by atoms with Crippen molar-refractivity contribution >= 4 is 11.8 Å². The monoisotopic (exact) mass is 410 g/mol. The molecule has 0 aliphatic heterocycles. The summed E-state index contributed by atoms with van der Waals surface area (Å²) in [4.78, 5) is 13.0. The summed E-state index contributed by atoms with van der Waals surface area (Å²) in [5.41, 5.74) is 0.131. The number of rotatable bonds is 5. The minimum absolute atomic E-state index is 0.165.